The SMILES string of the molecule is CCNC(=NCc1sc(C)nc1C)NCC(c1ccc(F)cc1)N1CCOCC1.I. The molecule has 1 aromatic carbocycles. The van der Waals surface area contributed by atoms with Gasteiger partial charge in [-0.1, -0.05) is 12.1 Å². The highest BCUT2D eigenvalue weighted by Crippen LogP contribution is 2.22. The largest absolute Gasteiger partial charge is 0.379 e. The summed E-state index contributed by atoms with van der Waals surface area (Å²) in [6.07, 6.45) is 0. The van der Waals surface area contributed by atoms with E-state index in [1.165, 1.54) is 17.0 Å². The zero-order chi connectivity index (χ0) is 20.6. The molecule has 0 radical (unpaired) electrons. The Morgan fingerprint density at radius 2 is 1.93 bits per heavy atom. The van der Waals surface area contributed by atoms with Crippen LogP contribution in [0.15, 0.2) is 29.3 Å². The molecule has 0 saturated carbocycles. The third-order valence-electron chi connectivity index (χ3n) is 4.93. The summed E-state index contributed by atoms with van der Waals surface area (Å²) in [5.41, 5.74) is 2.13. The molecule has 166 valence electrons. The lowest BCUT2D eigenvalue weighted by Crippen LogP contribution is -2.46. The second-order valence-electron chi connectivity index (χ2n) is 7.03. The number of guanidine groups is 1. The van der Waals surface area contributed by atoms with Crippen molar-refractivity contribution in [3.63, 3.8) is 0 Å². The summed E-state index contributed by atoms with van der Waals surface area (Å²) in [6, 6.07) is 6.90. The number of hydrogen-bond donors (Lipinski definition) is 2. The molecule has 2 heterocycles. The van der Waals surface area contributed by atoms with Crippen molar-refractivity contribution < 1.29 is 9.13 Å². The minimum atomic E-state index is -0.215. The van der Waals surface area contributed by atoms with Gasteiger partial charge in [0, 0.05) is 31.1 Å². The Morgan fingerprint density at radius 1 is 1.23 bits per heavy atom. The average molecular weight is 547 g/mol. The number of rotatable bonds is 7. The van der Waals surface area contributed by atoms with E-state index in [0.717, 1.165) is 55.1 Å². The molecular weight excluding hydrogens is 516 g/mol. The van der Waals surface area contributed by atoms with Crippen LogP contribution in [0.1, 0.15) is 34.1 Å². The molecule has 0 spiro atoms. The van der Waals surface area contributed by atoms with Crippen molar-refractivity contribution >= 4 is 41.3 Å². The van der Waals surface area contributed by atoms with Crippen LogP contribution in [0.4, 0.5) is 4.39 Å². The summed E-state index contributed by atoms with van der Waals surface area (Å²) >= 11 is 1.69. The minimum Gasteiger partial charge on any atom is -0.379 e. The molecule has 1 aliphatic heterocycles. The molecule has 0 bridgehead atoms. The van der Waals surface area contributed by atoms with Gasteiger partial charge in [-0.25, -0.2) is 14.4 Å². The number of nitrogens with zero attached hydrogens (tertiary/aromatic N) is 3. The van der Waals surface area contributed by atoms with Crippen molar-refractivity contribution in [1.29, 1.82) is 0 Å². The fourth-order valence-electron chi connectivity index (χ4n) is 3.44. The lowest BCUT2D eigenvalue weighted by molar-refractivity contribution is 0.0170. The van der Waals surface area contributed by atoms with Gasteiger partial charge >= 0.3 is 0 Å². The number of nitrogens with one attached hydrogen (secondary N) is 2. The zero-order valence-electron chi connectivity index (χ0n) is 17.8. The van der Waals surface area contributed by atoms with Crippen LogP contribution >= 0.6 is 35.3 Å². The number of aromatic nitrogens is 1. The fraction of sp³-hybridized carbons (Fsp3) is 0.524. The molecule has 9 heteroatoms. The lowest BCUT2D eigenvalue weighted by Gasteiger charge is -2.35. The van der Waals surface area contributed by atoms with Gasteiger partial charge in [-0.2, -0.15) is 0 Å². The number of aliphatic imine (C=N–C) groups is 1. The minimum absolute atomic E-state index is 0. The summed E-state index contributed by atoms with van der Waals surface area (Å²) in [4.78, 5) is 12.8. The third kappa shape index (κ3) is 7.14. The molecule has 1 aliphatic rings. The summed E-state index contributed by atoms with van der Waals surface area (Å²) < 4.78 is 18.9. The molecule has 0 amide bonds. The molecule has 1 atom stereocenters. The lowest BCUT2D eigenvalue weighted by atomic mass is 10.0. The average Bonchev–Trinajstić information content (AvgIpc) is 3.05. The van der Waals surface area contributed by atoms with Gasteiger partial charge in [0.2, 0.25) is 0 Å². The highest BCUT2D eigenvalue weighted by atomic mass is 127. The van der Waals surface area contributed by atoms with Crippen molar-refractivity contribution in [2.24, 2.45) is 4.99 Å². The van der Waals surface area contributed by atoms with E-state index in [2.05, 4.69) is 27.4 Å². The van der Waals surface area contributed by atoms with Gasteiger partial charge in [-0.05, 0) is 38.5 Å². The van der Waals surface area contributed by atoms with E-state index in [4.69, 9.17) is 9.73 Å². The first kappa shape index (κ1) is 25.0. The van der Waals surface area contributed by atoms with Gasteiger partial charge in [0.1, 0.15) is 5.82 Å². The van der Waals surface area contributed by atoms with Crippen LogP contribution in [0.25, 0.3) is 0 Å². The number of morpholine rings is 1. The fourth-order valence-corrected chi connectivity index (χ4v) is 4.30. The maximum atomic E-state index is 13.4. The standard InChI is InChI=1S/C21H30FN5OS.HI/c1-4-23-21(25-14-20-15(2)26-16(3)29-20)24-13-19(27-9-11-28-12-10-27)17-5-7-18(22)8-6-17;/h5-8,19H,4,9-14H2,1-3H3,(H2,23,24,25);1H. The second kappa shape index (κ2) is 12.5. The van der Waals surface area contributed by atoms with Crippen molar-refractivity contribution in [3.8, 4) is 0 Å². The van der Waals surface area contributed by atoms with Crippen LogP contribution in [0, 0.1) is 19.7 Å². The quantitative estimate of drug-likeness (QED) is 0.315. The molecular formula is C21H31FIN5OS. The highest BCUT2D eigenvalue weighted by molar-refractivity contribution is 14.0. The first-order chi connectivity index (χ1) is 14.1. The van der Waals surface area contributed by atoms with Gasteiger partial charge in [0.15, 0.2) is 5.96 Å². The first-order valence-electron chi connectivity index (χ1n) is 10.1. The summed E-state index contributed by atoms with van der Waals surface area (Å²) in [5, 5.41) is 7.86. The molecule has 1 aromatic heterocycles. The molecule has 1 unspecified atom stereocenters. The molecule has 0 aliphatic carbocycles. The number of thiazole rings is 1. The smallest absolute Gasteiger partial charge is 0.191 e. The van der Waals surface area contributed by atoms with Crippen molar-refractivity contribution in [2.45, 2.75) is 33.4 Å². The highest BCUT2D eigenvalue weighted by Gasteiger charge is 2.23. The topological polar surface area (TPSA) is 61.8 Å². The van der Waals surface area contributed by atoms with Crippen LogP contribution in [0.5, 0.6) is 0 Å². The number of aryl methyl sites for hydroxylation is 2. The Balaban J connectivity index is 0.00000320. The second-order valence-corrected chi connectivity index (χ2v) is 8.32. The Kier molecular flexibility index (Phi) is 10.4. The monoisotopic (exact) mass is 547 g/mol. The van der Waals surface area contributed by atoms with E-state index in [-0.39, 0.29) is 35.8 Å². The number of benzene rings is 1. The Hall–Kier alpha value is -1.30. The van der Waals surface area contributed by atoms with Crippen LogP contribution in [0.2, 0.25) is 0 Å². The van der Waals surface area contributed by atoms with E-state index in [1.54, 1.807) is 11.3 Å². The van der Waals surface area contributed by atoms with Crippen LogP contribution in [-0.2, 0) is 11.3 Å². The van der Waals surface area contributed by atoms with Crippen LogP contribution < -0.4 is 10.6 Å². The summed E-state index contributed by atoms with van der Waals surface area (Å²) in [7, 11) is 0. The molecule has 1 saturated heterocycles. The van der Waals surface area contributed by atoms with Gasteiger partial charge < -0.3 is 15.4 Å². The zero-order valence-corrected chi connectivity index (χ0v) is 20.9. The first-order valence-corrected chi connectivity index (χ1v) is 10.9. The maximum Gasteiger partial charge on any atom is 0.191 e. The Bertz CT molecular complexity index is 808. The Labute approximate surface area is 199 Å². The number of ether oxygens (including phenoxy) is 1. The number of halogens is 2. The van der Waals surface area contributed by atoms with Crippen molar-refractivity contribution in [3.05, 3.63) is 51.2 Å². The van der Waals surface area contributed by atoms with E-state index in [0.29, 0.717) is 13.1 Å². The molecule has 1 fully saturated rings. The van der Waals surface area contributed by atoms with E-state index < -0.39 is 0 Å². The summed E-state index contributed by atoms with van der Waals surface area (Å²) in [6.45, 7) is 11.3. The summed E-state index contributed by atoms with van der Waals surface area (Å²) in [5.74, 6) is 0.561. The van der Waals surface area contributed by atoms with Crippen LogP contribution in [-0.4, -0.2) is 55.2 Å². The molecule has 6 nitrogen and oxygen atoms in total. The van der Waals surface area contributed by atoms with Crippen molar-refractivity contribution in [1.82, 2.24) is 20.5 Å². The molecule has 30 heavy (non-hydrogen) atoms. The predicted octanol–water partition coefficient (Wildman–Crippen LogP) is 3.65. The Morgan fingerprint density at radius 3 is 2.53 bits per heavy atom. The van der Waals surface area contributed by atoms with Gasteiger partial charge in [-0.15, -0.1) is 35.3 Å². The molecule has 2 aromatic rings. The normalized spacial score (nSPS) is 16.1. The van der Waals surface area contributed by atoms with E-state index >= 15 is 0 Å². The van der Waals surface area contributed by atoms with E-state index in [9.17, 15) is 4.39 Å². The molecule has 3 rings (SSSR count). The van der Waals surface area contributed by atoms with E-state index in [1.807, 2.05) is 26.0 Å². The van der Waals surface area contributed by atoms with Gasteiger partial charge in [-0.3, -0.25) is 4.90 Å². The number of hydrogen-bond acceptors (Lipinski definition) is 5. The maximum absolute atomic E-state index is 13.4. The third-order valence-corrected chi connectivity index (χ3v) is 5.99. The van der Waals surface area contributed by atoms with Gasteiger partial charge in [0.05, 0.1) is 36.5 Å². The van der Waals surface area contributed by atoms with Crippen LogP contribution in [0.3, 0.4) is 0 Å². The van der Waals surface area contributed by atoms with Gasteiger partial charge in [0.25, 0.3) is 0 Å². The predicted molar refractivity (Wildman–Crippen MR) is 131 cm³/mol. The van der Waals surface area contributed by atoms with Crippen molar-refractivity contribution in [2.75, 3.05) is 39.4 Å². The molecule has 2 N–H and O–H groups in total.